The van der Waals surface area contributed by atoms with E-state index in [1.54, 1.807) is 19.2 Å². The van der Waals surface area contributed by atoms with Gasteiger partial charge in [-0.3, -0.25) is 4.79 Å². The van der Waals surface area contributed by atoms with E-state index in [1.807, 2.05) is 0 Å². The number of hydrogen-bond acceptors (Lipinski definition) is 3. The Balaban J connectivity index is 0.00000220. The minimum absolute atomic E-state index is 0. The molecule has 0 saturated carbocycles. The van der Waals surface area contributed by atoms with Gasteiger partial charge in [0.1, 0.15) is 5.82 Å². The molecule has 1 aromatic carbocycles. The van der Waals surface area contributed by atoms with Gasteiger partial charge in [0.25, 0.3) is 5.91 Å². The minimum Gasteiger partial charge on any atom is -0.384 e. The van der Waals surface area contributed by atoms with Gasteiger partial charge in [0.05, 0.1) is 12.2 Å². The first kappa shape index (κ1) is 17.9. The maximum atomic E-state index is 13.6. The number of carbonyl (C=O) groups excluding carboxylic acids is 1. The third-order valence-electron chi connectivity index (χ3n) is 3.86. The molecule has 1 saturated heterocycles. The summed E-state index contributed by atoms with van der Waals surface area (Å²) in [6.45, 7) is 2.94. The van der Waals surface area contributed by atoms with E-state index in [0.717, 1.165) is 25.9 Å². The third kappa shape index (κ3) is 4.66. The lowest BCUT2D eigenvalue weighted by Gasteiger charge is -2.37. The summed E-state index contributed by atoms with van der Waals surface area (Å²) in [6, 6.07) is 6.03. The van der Waals surface area contributed by atoms with Gasteiger partial charge < -0.3 is 15.4 Å². The Morgan fingerprint density at radius 3 is 2.67 bits per heavy atom. The summed E-state index contributed by atoms with van der Waals surface area (Å²) in [5.41, 5.74) is 0.0370. The average Bonchev–Trinajstić information content (AvgIpc) is 2.47. The molecule has 1 aromatic rings. The van der Waals surface area contributed by atoms with Crippen molar-refractivity contribution in [3.63, 3.8) is 0 Å². The van der Waals surface area contributed by atoms with Crippen LogP contribution in [-0.2, 0) is 4.74 Å². The van der Waals surface area contributed by atoms with Gasteiger partial charge in [-0.05, 0) is 38.1 Å². The van der Waals surface area contributed by atoms with Crippen molar-refractivity contribution in [1.29, 1.82) is 0 Å². The second kappa shape index (κ2) is 8.32. The standard InChI is InChI=1S/C15H21FN2O2.ClH/c1-20-11-15(6-8-17-9-7-15)10-18-14(19)12-4-2-3-5-13(12)16;/h2-5,17H,6-11H2,1H3,(H,18,19);1H. The van der Waals surface area contributed by atoms with E-state index in [9.17, 15) is 9.18 Å². The Morgan fingerprint density at radius 1 is 1.38 bits per heavy atom. The molecule has 6 heteroatoms. The minimum atomic E-state index is -0.490. The lowest BCUT2D eigenvalue weighted by Crippen LogP contribution is -2.47. The number of nitrogens with one attached hydrogen (secondary N) is 2. The lowest BCUT2D eigenvalue weighted by molar-refractivity contribution is 0.0511. The van der Waals surface area contributed by atoms with Crippen molar-refractivity contribution in [2.75, 3.05) is 33.4 Å². The maximum absolute atomic E-state index is 13.6. The second-order valence-corrected chi connectivity index (χ2v) is 5.35. The number of ether oxygens (including phenoxy) is 1. The fraction of sp³-hybridized carbons (Fsp3) is 0.533. The van der Waals surface area contributed by atoms with Gasteiger partial charge in [0, 0.05) is 19.1 Å². The Kier molecular flexibility index (Phi) is 7.08. The zero-order chi connectivity index (χ0) is 14.4. The molecular weight excluding hydrogens is 295 g/mol. The van der Waals surface area contributed by atoms with Gasteiger partial charge >= 0.3 is 0 Å². The molecule has 21 heavy (non-hydrogen) atoms. The molecule has 118 valence electrons. The highest BCUT2D eigenvalue weighted by Gasteiger charge is 2.32. The van der Waals surface area contributed by atoms with E-state index in [4.69, 9.17) is 4.74 Å². The molecular formula is C15H22ClFN2O2. The predicted octanol–water partition coefficient (Wildman–Crippen LogP) is 1.99. The summed E-state index contributed by atoms with van der Waals surface area (Å²) in [4.78, 5) is 12.0. The molecule has 1 fully saturated rings. The van der Waals surface area contributed by atoms with Crippen LogP contribution in [0.15, 0.2) is 24.3 Å². The van der Waals surface area contributed by atoms with Crippen LogP contribution in [0.25, 0.3) is 0 Å². The van der Waals surface area contributed by atoms with Crippen LogP contribution in [0.1, 0.15) is 23.2 Å². The smallest absolute Gasteiger partial charge is 0.254 e. The maximum Gasteiger partial charge on any atom is 0.254 e. The first-order valence-corrected chi connectivity index (χ1v) is 6.89. The van der Waals surface area contributed by atoms with Crippen LogP contribution in [-0.4, -0.2) is 39.3 Å². The Bertz CT molecular complexity index is 459. The van der Waals surface area contributed by atoms with E-state index < -0.39 is 5.82 Å². The van der Waals surface area contributed by atoms with Gasteiger partial charge in [-0.2, -0.15) is 0 Å². The first-order valence-electron chi connectivity index (χ1n) is 6.89. The number of carbonyl (C=O) groups is 1. The molecule has 4 nitrogen and oxygen atoms in total. The van der Waals surface area contributed by atoms with Crippen LogP contribution < -0.4 is 10.6 Å². The highest BCUT2D eigenvalue weighted by Crippen LogP contribution is 2.28. The van der Waals surface area contributed by atoms with Gasteiger partial charge in [0.2, 0.25) is 0 Å². The van der Waals surface area contributed by atoms with Crippen molar-refractivity contribution in [2.24, 2.45) is 5.41 Å². The number of hydrogen-bond donors (Lipinski definition) is 2. The lowest BCUT2D eigenvalue weighted by atomic mass is 9.79. The van der Waals surface area contributed by atoms with Crippen LogP contribution in [0.2, 0.25) is 0 Å². The zero-order valence-corrected chi connectivity index (χ0v) is 13.0. The number of methoxy groups -OCH3 is 1. The van der Waals surface area contributed by atoms with Crippen molar-refractivity contribution >= 4 is 18.3 Å². The summed E-state index contributed by atoms with van der Waals surface area (Å²) >= 11 is 0. The van der Waals surface area contributed by atoms with Crippen molar-refractivity contribution in [2.45, 2.75) is 12.8 Å². The summed E-state index contributed by atoms with van der Waals surface area (Å²) in [7, 11) is 1.67. The number of amides is 1. The molecule has 2 N–H and O–H groups in total. The fourth-order valence-electron chi connectivity index (χ4n) is 2.64. The molecule has 0 aliphatic carbocycles. The highest BCUT2D eigenvalue weighted by atomic mass is 35.5. The Hall–Kier alpha value is -1.17. The Morgan fingerprint density at radius 2 is 2.05 bits per heavy atom. The van der Waals surface area contributed by atoms with E-state index in [1.165, 1.54) is 12.1 Å². The van der Waals surface area contributed by atoms with E-state index in [-0.39, 0.29) is 29.3 Å². The zero-order valence-electron chi connectivity index (χ0n) is 12.2. The summed E-state index contributed by atoms with van der Waals surface area (Å²) in [6.07, 6.45) is 1.89. The van der Waals surface area contributed by atoms with Crippen molar-refractivity contribution in [1.82, 2.24) is 10.6 Å². The normalized spacial score (nSPS) is 16.9. The topological polar surface area (TPSA) is 50.4 Å². The summed E-state index contributed by atoms with van der Waals surface area (Å²) in [5.74, 6) is -0.854. The SMILES string of the molecule is COCC1(CNC(=O)c2ccccc2F)CCNCC1.Cl. The van der Waals surface area contributed by atoms with Crippen LogP contribution >= 0.6 is 12.4 Å². The Labute approximate surface area is 130 Å². The molecule has 2 rings (SSSR count). The number of benzene rings is 1. The molecule has 0 atom stereocenters. The molecule has 0 unspecified atom stereocenters. The van der Waals surface area contributed by atoms with Gasteiger partial charge in [-0.25, -0.2) is 4.39 Å². The van der Waals surface area contributed by atoms with Crippen molar-refractivity contribution < 1.29 is 13.9 Å². The molecule has 1 heterocycles. The molecule has 0 aromatic heterocycles. The quantitative estimate of drug-likeness (QED) is 0.873. The van der Waals surface area contributed by atoms with Gasteiger partial charge in [-0.1, -0.05) is 12.1 Å². The van der Waals surface area contributed by atoms with Crippen LogP contribution in [0.4, 0.5) is 4.39 Å². The molecule has 1 aliphatic heterocycles. The summed E-state index contributed by atoms with van der Waals surface area (Å²) in [5, 5.41) is 6.15. The molecule has 0 radical (unpaired) electrons. The third-order valence-corrected chi connectivity index (χ3v) is 3.86. The summed E-state index contributed by atoms with van der Waals surface area (Å²) < 4.78 is 18.8. The molecule has 0 spiro atoms. The number of rotatable bonds is 5. The van der Waals surface area contributed by atoms with Gasteiger partial charge in [-0.15, -0.1) is 12.4 Å². The average molecular weight is 317 g/mol. The monoisotopic (exact) mass is 316 g/mol. The fourth-order valence-corrected chi connectivity index (χ4v) is 2.64. The molecule has 1 amide bonds. The molecule has 1 aliphatic rings. The van der Waals surface area contributed by atoms with Crippen LogP contribution in [0, 0.1) is 11.2 Å². The predicted molar refractivity (Wildman–Crippen MR) is 82.4 cm³/mol. The highest BCUT2D eigenvalue weighted by molar-refractivity contribution is 5.94. The van der Waals surface area contributed by atoms with E-state index >= 15 is 0 Å². The van der Waals surface area contributed by atoms with Crippen molar-refractivity contribution in [3.05, 3.63) is 35.6 Å². The van der Waals surface area contributed by atoms with E-state index in [0.29, 0.717) is 13.2 Å². The first-order chi connectivity index (χ1) is 9.67. The second-order valence-electron chi connectivity index (χ2n) is 5.35. The molecule has 0 bridgehead atoms. The van der Waals surface area contributed by atoms with E-state index in [2.05, 4.69) is 10.6 Å². The van der Waals surface area contributed by atoms with Crippen molar-refractivity contribution in [3.8, 4) is 0 Å². The van der Waals surface area contributed by atoms with Gasteiger partial charge in [0.15, 0.2) is 0 Å². The largest absolute Gasteiger partial charge is 0.384 e. The number of piperidine rings is 1. The van der Waals surface area contributed by atoms with Crippen LogP contribution in [0.3, 0.4) is 0 Å². The number of halogens is 2. The van der Waals surface area contributed by atoms with Crippen LogP contribution in [0.5, 0.6) is 0 Å².